The van der Waals surface area contributed by atoms with E-state index in [0.717, 1.165) is 18.6 Å². The third-order valence-corrected chi connectivity index (χ3v) is 7.59. The zero-order chi connectivity index (χ0) is 15.0. The monoisotopic (exact) mass is 398 g/mol. The first-order chi connectivity index (χ1) is 9.23. The van der Waals surface area contributed by atoms with Crippen LogP contribution in [0.5, 0.6) is 0 Å². The second-order valence-electron chi connectivity index (χ2n) is 5.03. The summed E-state index contributed by atoms with van der Waals surface area (Å²) < 4.78 is 27.8. The minimum atomic E-state index is -3.64. The van der Waals surface area contributed by atoms with Crippen LogP contribution in [0.4, 0.5) is 5.69 Å². The summed E-state index contributed by atoms with van der Waals surface area (Å²) in [4.78, 5) is 0.0779. The van der Waals surface area contributed by atoms with Gasteiger partial charge < -0.3 is 5.73 Å². The molecule has 1 aromatic carbocycles. The van der Waals surface area contributed by atoms with Gasteiger partial charge >= 0.3 is 0 Å². The maximum atomic E-state index is 12.4. The Morgan fingerprint density at radius 2 is 2.25 bits per heavy atom. The highest BCUT2D eigenvalue weighted by molar-refractivity contribution is 9.10. The molecule has 4 nitrogen and oxygen atoms in total. The number of benzene rings is 1. The molecule has 8 heteroatoms. The van der Waals surface area contributed by atoms with Gasteiger partial charge in [-0.25, -0.2) is 13.1 Å². The van der Waals surface area contributed by atoms with Crippen molar-refractivity contribution < 1.29 is 8.42 Å². The molecule has 20 heavy (non-hydrogen) atoms. The molecule has 0 radical (unpaired) electrons. The summed E-state index contributed by atoms with van der Waals surface area (Å²) >= 11 is 10.9. The Bertz CT molecular complexity index is 616. The molecule has 0 amide bonds. The minimum absolute atomic E-state index is 0.0380. The van der Waals surface area contributed by atoms with Gasteiger partial charge in [-0.3, -0.25) is 0 Å². The molecule has 1 atom stereocenters. The van der Waals surface area contributed by atoms with E-state index in [9.17, 15) is 8.42 Å². The van der Waals surface area contributed by atoms with Crippen molar-refractivity contribution in [1.29, 1.82) is 0 Å². The van der Waals surface area contributed by atoms with E-state index in [0.29, 0.717) is 21.7 Å². The Morgan fingerprint density at radius 1 is 1.55 bits per heavy atom. The Balaban J connectivity index is 2.22. The lowest BCUT2D eigenvalue weighted by molar-refractivity contribution is 0.552. The molecule has 0 spiro atoms. The van der Waals surface area contributed by atoms with Crippen LogP contribution in [0, 0.1) is 0 Å². The number of rotatable bonds is 4. The SMILES string of the molecule is CC1(CNS(=O)(=O)c2cc(Cl)cc(N)c2Br)CCCS1. The molecule has 1 aliphatic heterocycles. The average molecular weight is 400 g/mol. The molecule has 0 aromatic heterocycles. The van der Waals surface area contributed by atoms with Gasteiger partial charge in [0.2, 0.25) is 10.0 Å². The standard InChI is InChI=1S/C12H16BrClN2O2S2/c1-12(3-2-4-19-12)7-16-20(17,18)10-6-8(14)5-9(15)11(10)13/h5-6,16H,2-4,7,15H2,1H3. The predicted molar refractivity (Wildman–Crippen MR) is 88.8 cm³/mol. The Hall–Kier alpha value is 0.0500. The largest absolute Gasteiger partial charge is 0.398 e. The minimum Gasteiger partial charge on any atom is -0.398 e. The fourth-order valence-electron chi connectivity index (χ4n) is 2.08. The van der Waals surface area contributed by atoms with Gasteiger partial charge in [0.1, 0.15) is 0 Å². The van der Waals surface area contributed by atoms with Crippen molar-refractivity contribution in [3.63, 3.8) is 0 Å². The molecule has 0 saturated carbocycles. The summed E-state index contributed by atoms with van der Waals surface area (Å²) in [5.41, 5.74) is 6.04. The van der Waals surface area contributed by atoms with Gasteiger partial charge in [0.15, 0.2) is 0 Å². The molecular formula is C12H16BrClN2O2S2. The quantitative estimate of drug-likeness (QED) is 0.762. The number of hydrogen-bond donors (Lipinski definition) is 2. The third kappa shape index (κ3) is 3.62. The zero-order valence-corrected chi connectivity index (χ0v) is 14.9. The molecule has 1 fully saturated rings. The van der Waals surface area contributed by atoms with Crippen molar-refractivity contribution in [3.05, 3.63) is 21.6 Å². The summed E-state index contributed by atoms with van der Waals surface area (Å²) in [6, 6.07) is 2.91. The molecule has 112 valence electrons. The van der Waals surface area contributed by atoms with Gasteiger partial charge in [-0.1, -0.05) is 11.6 Å². The van der Waals surface area contributed by atoms with Gasteiger partial charge in [0.05, 0.1) is 9.37 Å². The van der Waals surface area contributed by atoms with Crippen molar-refractivity contribution in [2.45, 2.75) is 29.4 Å². The topological polar surface area (TPSA) is 72.2 Å². The second-order valence-corrected chi connectivity index (χ2v) is 9.68. The molecule has 1 heterocycles. The van der Waals surface area contributed by atoms with Crippen molar-refractivity contribution in [1.82, 2.24) is 4.72 Å². The van der Waals surface area contributed by atoms with E-state index < -0.39 is 10.0 Å². The van der Waals surface area contributed by atoms with Crippen molar-refractivity contribution in [3.8, 4) is 0 Å². The second kappa shape index (κ2) is 6.04. The number of hydrogen-bond acceptors (Lipinski definition) is 4. The van der Waals surface area contributed by atoms with Gasteiger partial charge in [0, 0.05) is 22.0 Å². The lowest BCUT2D eigenvalue weighted by Gasteiger charge is -2.23. The molecule has 2 rings (SSSR count). The van der Waals surface area contributed by atoms with Crippen LogP contribution in [-0.2, 0) is 10.0 Å². The van der Waals surface area contributed by atoms with Crippen molar-refractivity contribution in [2.24, 2.45) is 0 Å². The summed E-state index contributed by atoms with van der Waals surface area (Å²) in [5.74, 6) is 1.08. The number of sulfonamides is 1. The van der Waals surface area contributed by atoms with E-state index in [2.05, 4.69) is 27.6 Å². The Morgan fingerprint density at radius 3 is 2.85 bits per heavy atom. The summed E-state index contributed by atoms with van der Waals surface area (Å²) in [7, 11) is -3.64. The van der Waals surface area contributed by atoms with Crippen molar-refractivity contribution in [2.75, 3.05) is 18.0 Å². The maximum absolute atomic E-state index is 12.4. The number of anilines is 1. The zero-order valence-electron chi connectivity index (χ0n) is 10.9. The van der Waals surface area contributed by atoms with E-state index in [4.69, 9.17) is 17.3 Å². The van der Waals surface area contributed by atoms with Crippen LogP contribution in [0.25, 0.3) is 0 Å². The van der Waals surface area contributed by atoms with E-state index in [1.54, 1.807) is 11.8 Å². The van der Waals surface area contributed by atoms with Gasteiger partial charge in [-0.15, -0.1) is 0 Å². The van der Waals surface area contributed by atoms with Crippen LogP contribution in [-0.4, -0.2) is 25.5 Å². The third-order valence-electron chi connectivity index (χ3n) is 3.26. The Labute approximate surface area is 137 Å². The highest BCUT2D eigenvalue weighted by Gasteiger charge is 2.31. The van der Waals surface area contributed by atoms with Gasteiger partial charge in [-0.05, 0) is 53.6 Å². The summed E-state index contributed by atoms with van der Waals surface area (Å²) in [5, 5.41) is 0.299. The first-order valence-electron chi connectivity index (χ1n) is 6.12. The molecule has 1 saturated heterocycles. The lowest BCUT2D eigenvalue weighted by atomic mass is 10.1. The molecular weight excluding hydrogens is 384 g/mol. The first kappa shape index (κ1) is 16.4. The van der Waals surface area contributed by atoms with Crippen LogP contribution < -0.4 is 10.5 Å². The molecule has 3 N–H and O–H groups in total. The van der Waals surface area contributed by atoms with Crippen LogP contribution in [0.15, 0.2) is 21.5 Å². The fourth-order valence-corrected chi connectivity index (χ4v) is 5.88. The number of nitrogen functional groups attached to an aromatic ring is 1. The highest BCUT2D eigenvalue weighted by Crippen LogP contribution is 2.38. The van der Waals surface area contributed by atoms with Crippen LogP contribution in [0.1, 0.15) is 19.8 Å². The van der Waals surface area contributed by atoms with E-state index in [1.807, 2.05) is 0 Å². The molecule has 1 unspecified atom stereocenters. The number of nitrogens with two attached hydrogens (primary N) is 1. The smallest absolute Gasteiger partial charge is 0.241 e. The number of halogens is 2. The number of thioether (sulfide) groups is 1. The highest BCUT2D eigenvalue weighted by atomic mass is 79.9. The lowest BCUT2D eigenvalue weighted by Crippen LogP contribution is -2.36. The summed E-state index contributed by atoms with van der Waals surface area (Å²) in [6.45, 7) is 2.48. The average Bonchev–Trinajstić information content (AvgIpc) is 2.79. The van der Waals surface area contributed by atoms with E-state index in [1.165, 1.54) is 12.1 Å². The molecule has 0 bridgehead atoms. The van der Waals surface area contributed by atoms with E-state index >= 15 is 0 Å². The fraction of sp³-hybridized carbons (Fsp3) is 0.500. The van der Waals surface area contributed by atoms with Crippen LogP contribution >= 0.6 is 39.3 Å². The molecule has 0 aliphatic carbocycles. The normalized spacial score (nSPS) is 23.1. The summed E-state index contributed by atoms with van der Waals surface area (Å²) in [6.07, 6.45) is 2.13. The van der Waals surface area contributed by atoms with Crippen molar-refractivity contribution >= 4 is 55.0 Å². The van der Waals surface area contributed by atoms with Crippen LogP contribution in [0.2, 0.25) is 5.02 Å². The Kier molecular flexibility index (Phi) is 4.96. The van der Waals surface area contributed by atoms with Gasteiger partial charge in [-0.2, -0.15) is 11.8 Å². The predicted octanol–water partition coefficient (Wildman–Crippen LogP) is 3.25. The maximum Gasteiger partial charge on any atom is 0.241 e. The first-order valence-corrected chi connectivity index (χ1v) is 9.76. The van der Waals surface area contributed by atoms with Crippen LogP contribution in [0.3, 0.4) is 0 Å². The van der Waals surface area contributed by atoms with E-state index in [-0.39, 0.29) is 9.64 Å². The number of nitrogens with one attached hydrogen (secondary N) is 1. The molecule has 1 aromatic rings. The molecule has 1 aliphatic rings. The van der Waals surface area contributed by atoms with Gasteiger partial charge in [0.25, 0.3) is 0 Å².